The SMILES string of the molecule is Nc1ccc(-c2ccsc2)cc1NC(=O)c1cn(CCc2ccccc2[N+](=O)[O-])nn1. The van der Waals surface area contributed by atoms with Crippen molar-refractivity contribution in [3.05, 3.63) is 86.9 Å². The highest BCUT2D eigenvalue weighted by Gasteiger charge is 2.15. The summed E-state index contributed by atoms with van der Waals surface area (Å²) in [7, 11) is 0. The number of thiophene rings is 1. The second-order valence-electron chi connectivity index (χ2n) is 6.77. The number of amides is 1. The molecule has 0 aliphatic carbocycles. The average Bonchev–Trinajstić information content (AvgIpc) is 3.46. The fraction of sp³-hybridized carbons (Fsp3) is 0.0952. The van der Waals surface area contributed by atoms with Gasteiger partial charge in [-0.2, -0.15) is 11.3 Å². The van der Waals surface area contributed by atoms with Crippen molar-refractivity contribution >= 4 is 34.3 Å². The molecule has 0 saturated carbocycles. The van der Waals surface area contributed by atoms with Crippen molar-refractivity contribution in [3.63, 3.8) is 0 Å². The van der Waals surface area contributed by atoms with E-state index in [1.807, 2.05) is 29.0 Å². The van der Waals surface area contributed by atoms with Crippen LogP contribution >= 0.6 is 11.3 Å². The van der Waals surface area contributed by atoms with Gasteiger partial charge >= 0.3 is 0 Å². The van der Waals surface area contributed by atoms with Crippen molar-refractivity contribution < 1.29 is 9.72 Å². The topological polar surface area (TPSA) is 129 Å². The first-order valence-electron chi connectivity index (χ1n) is 9.37. The summed E-state index contributed by atoms with van der Waals surface area (Å²) in [6.07, 6.45) is 1.89. The molecule has 0 aliphatic heterocycles. The third kappa shape index (κ3) is 4.59. The molecule has 0 radical (unpaired) electrons. The molecule has 4 rings (SSSR count). The molecule has 2 heterocycles. The molecule has 0 unspecified atom stereocenters. The number of carbonyl (C=O) groups excluding carboxylic acids is 1. The maximum Gasteiger partial charge on any atom is 0.277 e. The number of para-hydroxylation sites is 1. The molecule has 0 atom stereocenters. The number of carbonyl (C=O) groups is 1. The van der Waals surface area contributed by atoms with Gasteiger partial charge in [0.1, 0.15) is 0 Å². The number of aryl methyl sites for hydroxylation is 2. The fourth-order valence-corrected chi connectivity index (χ4v) is 3.77. The maximum absolute atomic E-state index is 12.6. The van der Waals surface area contributed by atoms with Crippen molar-refractivity contribution in [3.8, 4) is 11.1 Å². The number of hydrogen-bond acceptors (Lipinski definition) is 7. The number of nitro groups is 1. The van der Waals surface area contributed by atoms with Gasteiger partial charge in [-0.15, -0.1) is 5.10 Å². The Morgan fingerprint density at radius 2 is 2.03 bits per heavy atom. The molecule has 2 aromatic carbocycles. The Hall–Kier alpha value is -4.05. The molecular weight excluding hydrogens is 416 g/mol. The highest BCUT2D eigenvalue weighted by Crippen LogP contribution is 2.29. The van der Waals surface area contributed by atoms with Crippen LogP contribution in [-0.2, 0) is 13.0 Å². The van der Waals surface area contributed by atoms with E-state index in [1.54, 1.807) is 35.6 Å². The first-order valence-corrected chi connectivity index (χ1v) is 10.3. The summed E-state index contributed by atoms with van der Waals surface area (Å²) in [5.41, 5.74) is 9.71. The third-order valence-corrected chi connectivity index (χ3v) is 5.41. The monoisotopic (exact) mass is 434 g/mol. The lowest BCUT2D eigenvalue weighted by Crippen LogP contribution is -2.14. The number of benzene rings is 2. The maximum atomic E-state index is 12.6. The predicted molar refractivity (Wildman–Crippen MR) is 119 cm³/mol. The van der Waals surface area contributed by atoms with Gasteiger partial charge in [0.05, 0.1) is 22.5 Å². The van der Waals surface area contributed by atoms with Gasteiger partial charge < -0.3 is 11.1 Å². The van der Waals surface area contributed by atoms with Gasteiger partial charge in [-0.25, -0.2) is 0 Å². The lowest BCUT2D eigenvalue weighted by Gasteiger charge is -2.09. The molecule has 10 heteroatoms. The Morgan fingerprint density at radius 1 is 1.19 bits per heavy atom. The number of nitrogens with zero attached hydrogens (tertiary/aromatic N) is 4. The Kier molecular flexibility index (Phi) is 5.72. The van der Waals surface area contributed by atoms with Gasteiger partial charge in [-0.3, -0.25) is 19.6 Å². The summed E-state index contributed by atoms with van der Waals surface area (Å²) in [4.78, 5) is 23.3. The van der Waals surface area contributed by atoms with Gasteiger partial charge in [-0.1, -0.05) is 29.5 Å². The number of anilines is 2. The van der Waals surface area contributed by atoms with E-state index in [4.69, 9.17) is 5.73 Å². The number of nitrogens with two attached hydrogens (primary N) is 1. The number of nitrogens with one attached hydrogen (secondary N) is 1. The summed E-state index contributed by atoms with van der Waals surface area (Å²) >= 11 is 1.59. The molecule has 31 heavy (non-hydrogen) atoms. The van der Waals surface area contributed by atoms with Gasteiger partial charge in [0, 0.05) is 18.2 Å². The second kappa shape index (κ2) is 8.76. The van der Waals surface area contributed by atoms with E-state index in [2.05, 4.69) is 15.6 Å². The summed E-state index contributed by atoms with van der Waals surface area (Å²) < 4.78 is 1.48. The van der Waals surface area contributed by atoms with Gasteiger partial charge in [0.15, 0.2) is 5.69 Å². The highest BCUT2D eigenvalue weighted by atomic mass is 32.1. The smallest absolute Gasteiger partial charge is 0.277 e. The van der Waals surface area contributed by atoms with E-state index in [0.717, 1.165) is 11.1 Å². The molecular formula is C21H18N6O3S. The van der Waals surface area contributed by atoms with E-state index in [1.165, 1.54) is 16.9 Å². The fourth-order valence-electron chi connectivity index (χ4n) is 3.11. The zero-order valence-corrected chi connectivity index (χ0v) is 17.1. The van der Waals surface area contributed by atoms with Crippen LogP contribution in [0.2, 0.25) is 0 Å². The minimum Gasteiger partial charge on any atom is -0.397 e. The molecule has 1 amide bonds. The van der Waals surface area contributed by atoms with Crippen LogP contribution < -0.4 is 11.1 Å². The second-order valence-corrected chi connectivity index (χ2v) is 7.55. The molecule has 4 aromatic rings. The standard InChI is InChI=1S/C21H18N6O3S/c22-17-6-5-15(16-8-10-31-13-16)11-18(17)23-21(28)19-12-26(25-24-19)9-7-14-3-1-2-4-20(14)27(29)30/h1-6,8,10-13H,7,9,22H2,(H,23,28). The summed E-state index contributed by atoms with van der Waals surface area (Å²) in [5.74, 6) is -0.439. The van der Waals surface area contributed by atoms with Gasteiger partial charge in [0.25, 0.3) is 11.6 Å². The summed E-state index contributed by atoms with van der Waals surface area (Å²) in [6, 6.07) is 14.0. The zero-order chi connectivity index (χ0) is 21.8. The van der Waals surface area contributed by atoms with Crippen molar-refractivity contribution in [2.24, 2.45) is 0 Å². The Morgan fingerprint density at radius 3 is 2.81 bits per heavy atom. The van der Waals surface area contributed by atoms with Crippen LogP contribution in [0, 0.1) is 10.1 Å². The minimum absolute atomic E-state index is 0.0570. The van der Waals surface area contributed by atoms with Gasteiger partial charge in [-0.05, 0) is 46.5 Å². The largest absolute Gasteiger partial charge is 0.397 e. The average molecular weight is 434 g/mol. The number of aromatic nitrogens is 3. The van der Waals surface area contributed by atoms with E-state index < -0.39 is 10.8 Å². The molecule has 0 spiro atoms. The van der Waals surface area contributed by atoms with Crippen LogP contribution in [-0.4, -0.2) is 25.8 Å². The molecule has 156 valence electrons. The van der Waals surface area contributed by atoms with Crippen LogP contribution in [0.15, 0.2) is 65.5 Å². The third-order valence-electron chi connectivity index (χ3n) is 4.73. The van der Waals surface area contributed by atoms with Crippen molar-refractivity contribution in [2.75, 3.05) is 11.1 Å². The van der Waals surface area contributed by atoms with Crippen LogP contribution in [0.1, 0.15) is 16.1 Å². The molecule has 3 N–H and O–H groups in total. The predicted octanol–water partition coefficient (Wildman–Crippen LogP) is 3.99. The van der Waals surface area contributed by atoms with Gasteiger partial charge in [0.2, 0.25) is 0 Å². The molecule has 9 nitrogen and oxygen atoms in total. The first-order chi connectivity index (χ1) is 15.0. The molecule has 0 fully saturated rings. The molecule has 0 saturated heterocycles. The van der Waals surface area contributed by atoms with Crippen LogP contribution in [0.3, 0.4) is 0 Å². The van der Waals surface area contributed by atoms with Crippen LogP contribution in [0.5, 0.6) is 0 Å². The Labute approximate surface area is 181 Å². The lowest BCUT2D eigenvalue weighted by molar-refractivity contribution is -0.385. The number of nitrogen functional groups attached to an aromatic ring is 1. The van der Waals surface area contributed by atoms with E-state index in [-0.39, 0.29) is 11.4 Å². The Bertz CT molecular complexity index is 1240. The first kappa shape index (κ1) is 20.2. The minimum atomic E-state index is -0.439. The number of nitro benzene ring substituents is 1. The summed E-state index contributed by atoms with van der Waals surface area (Å²) in [5, 5.41) is 25.8. The number of hydrogen-bond donors (Lipinski definition) is 2. The lowest BCUT2D eigenvalue weighted by atomic mass is 10.1. The molecule has 0 aliphatic rings. The zero-order valence-electron chi connectivity index (χ0n) is 16.3. The van der Waals surface area contributed by atoms with Crippen LogP contribution in [0.25, 0.3) is 11.1 Å². The van der Waals surface area contributed by atoms with Crippen LogP contribution in [0.4, 0.5) is 17.1 Å². The summed E-state index contributed by atoms with van der Waals surface area (Å²) in [6.45, 7) is 0.348. The van der Waals surface area contributed by atoms with Crippen molar-refractivity contribution in [1.82, 2.24) is 15.0 Å². The normalized spacial score (nSPS) is 10.7. The highest BCUT2D eigenvalue weighted by molar-refractivity contribution is 7.08. The van der Waals surface area contributed by atoms with E-state index in [9.17, 15) is 14.9 Å². The Balaban J connectivity index is 1.44. The molecule has 0 bridgehead atoms. The quantitative estimate of drug-likeness (QED) is 0.257. The van der Waals surface area contributed by atoms with Crippen molar-refractivity contribution in [1.29, 1.82) is 0 Å². The van der Waals surface area contributed by atoms with Crippen molar-refractivity contribution in [2.45, 2.75) is 13.0 Å². The van der Waals surface area contributed by atoms with E-state index in [0.29, 0.717) is 29.9 Å². The molecule has 2 aromatic heterocycles. The number of rotatable bonds is 7. The van der Waals surface area contributed by atoms with E-state index >= 15 is 0 Å².